The molecule has 0 amide bonds. The highest BCUT2D eigenvalue weighted by molar-refractivity contribution is 7.89. The number of ether oxygens (including phenoxy) is 2. The third-order valence-electron chi connectivity index (χ3n) is 5.77. The highest BCUT2D eigenvalue weighted by Crippen LogP contribution is 2.34. The van der Waals surface area contributed by atoms with E-state index in [1.165, 1.54) is 10.4 Å². The molecule has 2 heterocycles. The Hall–Kier alpha value is -2.48. The van der Waals surface area contributed by atoms with Gasteiger partial charge in [0.1, 0.15) is 23.4 Å². The molecule has 1 aliphatic rings. The standard InChI is InChI=1S/C25H33N3O5S/c1-19-15-28(20(2)18-29)34(30,31)25-11-10-21(8-7-13-32-4)14-23(25)33-24(19)17-27(3)16-22-9-5-6-12-26-22/h5-6,9-12,14,19-20,24,29H,13,15-18H2,1-4H3/t19-,20-,24+/m1/s1. The van der Waals surface area contributed by atoms with E-state index in [1.54, 1.807) is 32.4 Å². The van der Waals surface area contributed by atoms with E-state index in [0.717, 1.165) is 5.69 Å². The van der Waals surface area contributed by atoms with Crippen LogP contribution in [0.1, 0.15) is 25.1 Å². The highest BCUT2D eigenvalue weighted by atomic mass is 32.2. The SMILES string of the molecule is COCC#Cc1ccc2c(c1)O[C@@H](CN(C)Cc1ccccn1)[C@H](C)CN([C@H](C)CO)S2(=O)=O. The number of rotatable bonds is 7. The number of hydrogen-bond donors (Lipinski definition) is 1. The number of pyridine rings is 1. The summed E-state index contributed by atoms with van der Waals surface area (Å²) in [5, 5.41) is 9.77. The maximum atomic E-state index is 13.5. The van der Waals surface area contributed by atoms with Crippen LogP contribution in [0.3, 0.4) is 0 Å². The first-order chi connectivity index (χ1) is 16.3. The Morgan fingerprint density at radius 1 is 1.35 bits per heavy atom. The lowest BCUT2D eigenvalue weighted by Crippen LogP contribution is -2.49. The van der Waals surface area contributed by atoms with E-state index in [-0.39, 0.29) is 42.4 Å². The number of aliphatic hydroxyl groups excluding tert-OH is 1. The van der Waals surface area contributed by atoms with Crippen LogP contribution in [0.15, 0.2) is 47.5 Å². The van der Waals surface area contributed by atoms with Gasteiger partial charge in [0.15, 0.2) is 0 Å². The van der Waals surface area contributed by atoms with Crippen molar-refractivity contribution in [3.63, 3.8) is 0 Å². The first-order valence-electron chi connectivity index (χ1n) is 11.3. The maximum absolute atomic E-state index is 13.5. The van der Waals surface area contributed by atoms with E-state index in [2.05, 4.69) is 21.7 Å². The quantitative estimate of drug-likeness (QED) is 0.597. The predicted molar refractivity (Wildman–Crippen MR) is 130 cm³/mol. The summed E-state index contributed by atoms with van der Waals surface area (Å²) in [4.78, 5) is 6.58. The molecule has 0 unspecified atom stereocenters. The number of aromatic nitrogens is 1. The summed E-state index contributed by atoms with van der Waals surface area (Å²) in [5.74, 6) is 6.00. The molecule has 3 rings (SSSR count). The van der Waals surface area contributed by atoms with Crippen LogP contribution in [0.2, 0.25) is 0 Å². The van der Waals surface area contributed by atoms with Crippen LogP contribution in [0.25, 0.3) is 0 Å². The van der Waals surface area contributed by atoms with Crippen LogP contribution in [-0.4, -0.2) is 80.3 Å². The van der Waals surface area contributed by atoms with Crippen molar-refractivity contribution in [2.45, 2.75) is 37.4 Å². The third kappa shape index (κ3) is 6.34. The molecule has 0 saturated carbocycles. The number of methoxy groups -OCH3 is 1. The van der Waals surface area contributed by atoms with Crippen molar-refractivity contribution >= 4 is 10.0 Å². The van der Waals surface area contributed by atoms with Crippen molar-refractivity contribution in [1.29, 1.82) is 0 Å². The van der Waals surface area contributed by atoms with E-state index in [1.807, 2.05) is 32.2 Å². The van der Waals surface area contributed by atoms with Crippen LogP contribution in [0, 0.1) is 17.8 Å². The summed E-state index contributed by atoms with van der Waals surface area (Å²) >= 11 is 0. The average Bonchev–Trinajstić information content (AvgIpc) is 2.81. The smallest absolute Gasteiger partial charge is 0.247 e. The molecule has 0 saturated heterocycles. The Labute approximate surface area is 202 Å². The zero-order valence-corrected chi connectivity index (χ0v) is 21.0. The van der Waals surface area contributed by atoms with Gasteiger partial charge in [0.05, 0.1) is 12.3 Å². The summed E-state index contributed by atoms with van der Waals surface area (Å²) in [6.45, 7) is 5.12. The van der Waals surface area contributed by atoms with Crippen molar-refractivity contribution in [3.05, 3.63) is 53.9 Å². The third-order valence-corrected chi connectivity index (χ3v) is 7.79. The molecule has 184 valence electrons. The average molecular weight is 488 g/mol. The minimum atomic E-state index is -3.88. The van der Waals surface area contributed by atoms with Gasteiger partial charge in [-0.15, -0.1) is 0 Å². The normalized spacial score (nSPS) is 20.9. The van der Waals surface area contributed by atoms with E-state index in [9.17, 15) is 13.5 Å². The molecule has 1 aromatic carbocycles. The molecule has 0 radical (unpaired) electrons. The molecule has 34 heavy (non-hydrogen) atoms. The summed E-state index contributed by atoms with van der Waals surface area (Å²) < 4.78 is 39.8. The van der Waals surface area contributed by atoms with Gasteiger partial charge in [-0.05, 0) is 44.3 Å². The number of benzene rings is 1. The van der Waals surface area contributed by atoms with Crippen molar-refractivity contribution < 1.29 is 23.0 Å². The fourth-order valence-corrected chi connectivity index (χ4v) is 5.70. The molecule has 1 N–H and O–H groups in total. The van der Waals surface area contributed by atoms with Crippen LogP contribution < -0.4 is 4.74 Å². The molecule has 1 aliphatic heterocycles. The Balaban J connectivity index is 1.97. The Bertz CT molecular complexity index is 1110. The van der Waals surface area contributed by atoms with Crippen molar-refractivity contribution in [3.8, 4) is 17.6 Å². The molecule has 0 fully saturated rings. The molecule has 0 bridgehead atoms. The Morgan fingerprint density at radius 3 is 2.82 bits per heavy atom. The number of hydrogen-bond acceptors (Lipinski definition) is 7. The number of fused-ring (bicyclic) bond motifs is 1. The number of sulfonamides is 1. The highest BCUT2D eigenvalue weighted by Gasteiger charge is 2.38. The first-order valence-corrected chi connectivity index (χ1v) is 12.7. The molecule has 0 aliphatic carbocycles. The minimum Gasteiger partial charge on any atom is -0.487 e. The fourth-order valence-electron chi connectivity index (χ4n) is 3.87. The second-order valence-corrected chi connectivity index (χ2v) is 10.5. The molecular formula is C25H33N3O5S. The molecular weight excluding hydrogens is 454 g/mol. The van der Waals surface area contributed by atoms with Crippen molar-refractivity contribution in [2.24, 2.45) is 5.92 Å². The van der Waals surface area contributed by atoms with Gasteiger partial charge in [-0.25, -0.2) is 8.42 Å². The van der Waals surface area contributed by atoms with Gasteiger partial charge in [0.25, 0.3) is 0 Å². The second-order valence-electron chi connectivity index (χ2n) is 8.65. The largest absolute Gasteiger partial charge is 0.487 e. The Morgan fingerprint density at radius 2 is 2.15 bits per heavy atom. The summed E-state index contributed by atoms with van der Waals surface area (Å²) in [6.07, 6.45) is 1.47. The van der Waals surface area contributed by atoms with Gasteiger partial charge in [-0.2, -0.15) is 4.31 Å². The molecule has 1 aromatic heterocycles. The van der Waals surface area contributed by atoms with Crippen LogP contribution in [-0.2, 0) is 21.3 Å². The lowest BCUT2D eigenvalue weighted by atomic mass is 10.0. The maximum Gasteiger partial charge on any atom is 0.247 e. The summed E-state index contributed by atoms with van der Waals surface area (Å²) in [7, 11) is -0.325. The summed E-state index contributed by atoms with van der Waals surface area (Å²) in [5.41, 5.74) is 1.58. The zero-order valence-electron chi connectivity index (χ0n) is 20.1. The van der Waals surface area contributed by atoms with Crippen LogP contribution in [0.5, 0.6) is 5.75 Å². The van der Waals surface area contributed by atoms with Gasteiger partial charge in [-0.1, -0.05) is 24.8 Å². The number of nitrogens with zero attached hydrogens (tertiary/aromatic N) is 3. The number of likely N-dealkylation sites (N-methyl/N-ethyl adjacent to an activating group) is 1. The van der Waals surface area contributed by atoms with Gasteiger partial charge in [0.2, 0.25) is 10.0 Å². The van der Waals surface area contributed by atoms with E-state index >= 15 is 0 Å². The summed E-state index contributed by atoms with van der Waals surface area (Å²) in [6, 6.07) is 10.1. The van der Waals surface area contributed by atoms with E-state index in [0.29, 0.717) is 18.7 Å². The lowest BCUT2D eigenvalue weighted by Gasteiger charge is -2.37. The van der Waals surface area contributed by atoms with E-state index in [4.69, 9.17) is 9.47 Å². The molecule has 2 aromatic rings. The van der Waals surface area contributed by atoms with Gasteiger partial charge in [-0.3, -0.25) is 9.88 Å². The monoisotopic (exact) mass is 487 g/mol. The van der Waals surface area contributed by atoms with E-state index < -0.39 is 16.1 Å². The number of aliphatic hydroxyl groups is 1. The first kappa shape index (κ1) is 26.1. The predicted octanol–water partition coefficient (Wildman–Crippen LogP) is 1.98. The molecule has 3 atom stereocenters. The van der Waals surface area contributed by atoms with Crippen LogP contribution >= 0.6 is 0 Å². The lowest BCUT2D eigenvalue weighted by molar-refractivity contribution is 0.0730. The van der Waals surface area contributed by atoms with Gasteiger partial charge >= 0.3 is 0 Å². The fraction of sp³-hybridized carbons (Fsp3) is 0.480. The Kier molecular flexibility index (Phi) is 9.05. The second kappa shape index (κ2) is 11.8. The molecule has 9 heteroatoms. The van der Waals surface area contributed by atoms with Crippen molar-refractivity contribution in [2.75, 3.05) is 40.5 Å². The van der Waals surface area contributed by atoms with Crippen molar-refractivity contribution in [1.82, 2.24) is 14.2 Å². The van der Waals surface area contributed by atoms with Gasteiger partial charge < -0.3 is 14.6 Å². The zero-order chi connectivity index (χ0) is 24.7. The molecule has 0 spiro atoms. The molecule has 8 nitrogen and oxygen atoms in total. The minimum absolute atomic E-state index is 0.0781. The van der Waals surface area contributed by atoms with Crippen LogP contribution in [0.4, 0.5) is 0 Å². The topological polar surface area (TPSA) is 92.2 Å². The van der Waals surface area contributed by atoms with Gasteiger partial charge in [0, 0.05) is 50.5 Å².